The lowest BCUT2D eigenvalue weighted by Gasteiger charge is -1.89. The van der Waals surface area contributed by atoms with Crippen LogP contribution in [0.25, 0.3) is 0 Å². The maximum Gasteiger partial charge on any atom is 0.303 e. The van der Waals surface area contributed by atoms with E-state index in [1.807, 2.05) is 0 Å². The Morgan fingerprint density at radius 3 is 3.07 bits per heavy atom. The molecule has 0 fully saturated rings. The molecule has 5 nitrogen and oxygen atoms in total. The third kappa shape index (κ3) is 3.78. The van der Waals surface area contributed by atoms with Crippen molar-refractivity contribution < 1.29 is 14.4 Å². The SMILES string of the molecule is CCSCc1noc(CCC(=O)O)n1. The van der Waals surface area contributed by atoms with E-state index < -0.39 is 5.97 Å². The first kappa shape index (κ1) is 11.0. The fraction of sp³-hybridized carbons (Fsp3) is 0.625. The number of nitrogens with zero attached hydrogens (tertiary/aromatic N) is 2. The smallest absolute Gasteiger partial charge is 0.303 e. The zero-order valence-electron chi connectivity index (χ0n) is 7.89. The summed E-state index contributed by atoms with van der Waals surface area (Å²) in [5.74, 6) is 1.90. The first-order valence-electron chi connectivity index (χ1n) is 4.33. The van der Waals surface area contributed by atoms with Crippen molar-refractivity contribution in [1.29, 1.82) is 0 Å². The molecule has 1 aromatic heterocycles. The largest absolute Gasteiger partial charge is 0.481 e. The highest BCUT2D eigenvalue weighted by Gasteiger charge is 2.07. The molecular weight excluding hydrogens is 204 g/mol. The standard InChI is InChI=1S/C8H12N2O3S/c1-2-14-5-6-9-7(13-10-6)3-4-8(11)12/h2-5H2,1H3,(H,11,12). The van der Waals surface area contributed by atoms with Crippen LogP contribution in [0.1, 0.15) is 25.1 Å². The van der Waals surface area contributed by atoms with E-state index in [0.717, 1.165) is 5.75 Å². The minimum Gasteiger partial charge on any atom is -0.481 e. The molecule has 0 aliphatic heterocycles. The lowest BCUT2D eigenvalue weighted by molar-refractivity contribution is -0.137. The Morgan fingerprint density at radius 2 is 2.43 bits per heavy atom. The molecule has 0 aliphatic carbocycles. The van der Waals surface area contributed by atoms with Gasteiger partial charge in [-0.05, 0) is 5.75 Å². The molecule has 0 atom stereocenters. The van der Waals surface area contributed by atoms with Crippen molar-refractivity contribution in [1.82, 2.24) is 10.1 Å². The highest BCUT2D eigenvalue weighted by Crippen LogP contribution is 2.09. The van der Waals surface area contributed by atoms with E-state index in [4.69, 9.17) is 9.63 Å². The number of carbonyl (C=O) groups is 1. The van der Waals surface area contributed by atoms with Crippen molar-refractivity contribution in [3.05, 3.63) is 11.7 Å². The van der Waals surface area contributed by atoms with Crippen molar-refractivity contribution in [2.45, 2.75) is 25.5 Å². The average molecular weight is 216 g/mol. The fourth-order valence-corrected chi connectivity index (χ4v) is 1.36. The van der Waals surface area contributed by atoms with Crippen molar-refractivity contribution in [3.8, 4) is 0 Å². The molecule has 0 amide bonds. The molecular formula is C8H12N2O3S. The van der Waals surface area contributed by atoms with Gasteiger partial charge in [0, 0.05) is 6.42 Å². The zero-order chi connectivity index (χ0) is 10.4. The monoisotopic (exact) mass is 216 g/mol. The molecule has 0 aromatic carbocycles. The summed E-state index contributed by atoms with van der Waals surface area (Å²) >= 11 is 1.70. The van der Waals surface area contributed by atoms with Gasteiger partial charge in [-0.2, -0.15) is 16.7 Å². The van der Waals surface area contributed by atoms with Crippen molar-refractivity contribution in [2.75, 3.05) is 5.75 Å². The number of carboxylic acids is 1. The van der Waals surface area contributed by atoms with E-state index >= 15 is 0 Å². The van der Waals surface area contributed by atoms with Crippen LogP contribution in [0.15, 0.2) is 4.52 Å². The van der Waals surface area contributed by atoms with Gasteiger partial charge in [0.2, 0.25) is 5.89 Å². The molecule has 0 saturated heterocycles. The van der Waals surface area contributed by atoms with Crippen LogP contribution in [0.4, 0.5) is 0 Å². The van der Waals surface area contributed by atoms with Crippen LogP contribution in [0.5, 0.6) is 0 Å². The summed E-state index contributed by atoms with van der Waals surface area (Å²) in [6, 6.07) is 0. The Bertz CT molecular complexity index is 301. The highest BCUT2D eigenvalue weighted by molar-refractivity contribution is 7.98. The maximum absolute atomic E-state index is 10.3. The summed E-state index contributed by atoms with van der Waals surface area (Å²) < 4.78 is 4.87. The summed E-state index contributed by atoms with van der Waals surface area (Å²) in [6.07, 6.45) is 0.335. The second kappa shape index (κ2) is 5.64. The summed E-state index contributed by atoms with van der Waals surface area (Å²) in [7, 11) is 0. The first-order chi connectivity index (χ1) is 6.72. The van der Waals surface area contributed by atoms with E-state index in [2.05, 4.69) is 17.1 Å². The lowest BCUT2D eigenvalue weighted by atomic mass is 10.3. The van der Waals surface area contributed by atoms with Crippen LogP contribution in [-0.4, -0.2) is 27.0 Å². The van der Waals surface area contributed by atoms with Crippen molar-refractivity contribution in [2.24, 2.45) is 0 Å². The topological polar surface area (TPSA) is 76.2 Å². The molecule has 1 rings (SSSR count). The Hall–Kier alpha value is -1.04. The number of carboxylic acid groups (broad SMARTS) is 1. The van der Waals surface area contributed by atoms with Crippen LogP contribution < -0.4 is 0 Å². The first-order valence-corrected chi connectivity index (χ1v) is 5.49. The number of rotatable bonds is 6. The predicted molar refractivity (Wildman–Crippen MR) is 52.1 cm³/mol. The molecule has 14 heavy (non-hydrogen) atoms. The predicted octanol–water partition coefficient (Wildman–Crippen LogP) is 1.34. The number of aliphatic carboxylic acids is 1. The summed E-state index contributed by atoms with van der Waals surface area (Å²) in [5.41, 5.74) is 0. The highest BCUT2D eigenvalue weighted by atomic mass is 32.2. The summed E-state index contributed by atoms with van der Waals surface area (Å²) in [4.78, 5) is 14.3. The van der Waals surface area contributed by atoms with E-state index in [1.54, 1.807) is 11.8 Å². The average Bonchev–Trinajstić information content (AvgIpc) is 2.59. The minimum atomic E-state index is -0.854. The van der Waals surface area contributed by atoms with Gasteiger partial charge in [-0.25, -0.2) is 0 Å². The molecule has 1 heterocycles. The van der Waals surface area contributed by atoms with Gasteiger partial charge in [0.15, 0.2) is 5.82 Å². The maximum atomic E-state index is 10.3. The van der Waals surface area contributed by atoms with E-state index in [1.165, 1.54) is 0 Å². The number of aromatic nitrogens is 2. The van der Waals surface area contributed by atoms with Crippen LogP contribution in [0, 0.1) is 0 Å². The van der Waals surface area contributed by atoms with Gasteiger partial charge in [0.05, 0.1) is 12.2 Å². The van der Waals surface area contributed by atoms with Crippen LogP contribution in [-0.2, 0) is 17.0 Å². The number of aryl methyl sites for hydroxylation is 1. The molecule has 0 saturated carbocycles. The molecule has 0 bridgehead atoms. The number of thioether (sulfide) groups is 1. The molecule has 0 spiro atoms. The minimum absolute atomic E-state index is 0.0303. The third-order valence-electron chi connectivity index (χ3n) is 1.50. The van der Waals surface area contributed by atoms with Gasteiger partial charge in [-0.3, -0.25) is 4.79 Å². The van der Waals surface area contributed by atoms with Gasteiger partial charge >= 0.3 is 5.97 Å². The van der Waals surface area contributed by atoms with E-state index in [0.29, 0.717) is 23.9 Å². The van der Waals surface area contributed by atoms with E-state index in [9.17, 15) is 4.79 Å². The molecule has 1 N–H and O–H groups in total. The van der Waals surface area contributed by atoms with Crippen LogP contribution in [0.3, 0.4) is 0 Å². The molecule has 78 valence electrons. The Balaban J connectivity index is 2.38. The van der Waals surface area contributed by atoms with Crippen molar-refractivity contribution in [3.63, 3.8) is 0 Å². The van der Waals surface area contributed by atoms with Crippen molar-refractivity contribution >= 4 is 17.7 Å². The quantitative estimate of drug-likeness (QED) is 0.773. The van der Waals surface area contributed by atoms with Crippen LogP contribution in [0.2, 0.25) is 0 Å². The number of hydrogen-bond acceptors (Lipinski definition) is 5. The second-order valence-electron chi connectivity index (χ2n) is 2.64. The Kier molecular flexibility index (Phi) is 4.45. The summed E-state index contributed by atoms with van der Waals surface area (Å²) in [6.45, 7) is 2.05. The second-order valence-corrected chi connectivity index (χ2v) is 3.91. The third-order valence-corrected chi connectivity index (χ3v) is 2.37. The van der Waals surface area contributed by atoms with Gasteiger partial charge in [-0.15, -0.1) is 0 Å². The van der Waals surface area contributed by atoms with E-state index in [-0.39, 0.29) is 6.42 Å². The fourth-order valence-electron chi connectivity index (χ4n) is 0.858. The lowest BCUT2D eigenvalue weighted by Crippen LogP contribution is -1.97. The van der Waals surface area contributed by atoms with Gasteiger partial charge < -0.3 is 9.63 Å². The Morgan fingerprint density at radius 1 is 1.64 bits per heavy atom. The normalized spacial score (nSPS) is 10.4. The van der Waals surface area contributed by atoms with Crippen LogP contribution >= 0.6 is 11.8 Å². The van der Waals surface area contributed by atoms with Gasteiger partial charge in [0.1, 0.15) is 0 Å². The zero-order valence-corrected chi connectivity index (χ0v) is 8.71. The molecule has 1 aromatic rings. The molecule has 0 radical (unpaired) electrons. The Labute approximate surface area is 85.9 Å². The number of hydrogen-bond donors (Lipinski definition) is 1. The molecule has 6 heteroatoms. The molecule has 0 aliphatic rings. The molecule has 0 unspecified atom stereocenters. The van der Waals surface area contributed by atoms with Gasteiger partial charge in [-0.1, -0.05) is 12.1 Å². The summed E-state index contributed by atoms with van der Waals surface area (Å²) in [5, 5.41) is 12.2. The van der Waals surface area contributed by atoms with Gasteiger partial charge in [0.25, 0.3) is 0 Å².